The number of hydrogen-bond donors (Lipinski definition) is 1. The molecular weight excluding hydrogens is 216 g/mol. The third kappa shape index (κ3) is 1.79. The molecule has 0 amide bonds. The number of ether oxygens (including phenoxy) is 1. The molecule has 1 aromatic carbocycles. The van der Waals surface area contributed by atoms with Gasteiger partial charge in [0.25, 0.3) is 0 Å². The fraction of sp³-hybridized carbons (Fsp3) is 0.364. The molecule has 15 heavy (non-hydrogen) atoms. The Morgan fingerprint density at radius 3 is 2.80 bits per heavy atom. The van der Waals surface area contributed by atoms with Crippen LogP contribution in [0.5, 0.6) is 5.75 Å². The lowest BCUT2D eigenvalue weighted by Crippen LogP contribution is -2.24. The van der Waals surface area contributed by atoms with Crippen molar-refractivity contribution in [2.75, 3.05) is 0 Å². The van der Waals surface area contributed by atoms with Crippen molar-refractivity contribution >= 4 is 17.6 Å². The summed E-state index contributed by atoms with van der Waals surface area (Å²) < 4.78 is 5.63. The highest BCUT2D eigenvalue weighted by Gasteiger charge is 2.32. The quantitative estimate of drug-likeness (QED) is 0.801. The maximum Gasteiger partial charge on any atom is 0.335 e. The van der Waals surface area contributed by atoms with Gasteiger partial charge >= 0.3 is 5.97 Å². The minimum atomic E-state index is -0.968. The molecule has 0 atom stereocenters. The summed E-state index contributed by atoms with van der Waals surface area (Å²) >= 11 is 5.96. The van der Waals surface area contributed by atoms with Crippen LogP contribution in [0.4, 0.5) is 0 Å². The fourth-order valence-corrected chi connectivity index (χ4v) is 2.07. The van der Waals surface area contributed by atoms with Gasteiger partial charge in [-0.2, -0.15) is 0 Å². The predicted octanol–water partition coefficient (Wildman–Crippen LogP) is 2.75. The Bertz CT molecular complexity index is 438. The van der Waals surface area contributed by atoms with Gasteiger partial charge in [0, 0.05) is 12.0 Å². The minimum absolute atomic E-state index is 0.208. The Hall–Kier alpha value is -1.22. The van der Waals surface area contributed by atoms with Crippen molar-refractivity contribution in [1.29, 1.82) is 0 Å². The van der Waals surface area contributed by atoms with Crippen molar-refractivity contribution in [2.24, 2.45) is 0 Å². The maximum atomic E-state index is 10.8. The molecular formula is C11H11ClO3. The molecule has 80 valence electrons. The number of carboxylic acids is 1. The van der Waals surface area contributed by atoms with Crippen molar-refractivity contribution in [3.8, 4) is 5.75 Å². The number of fused-ring (bicyclic) bond motifs is 1. The SMILES string of the molecule is CC1(C)Cc2cc(C(=O)O)cc(Cl)c2O1. The zero-order chi connectivity index (χ0) is 11.2. The first kappa shape index (κ1) is 10.3. The van der Waals surface area contributed by atoms with Gasteiger partial charge in [0.1, 0.15) is 11.4 Å². The van der Waals surface area contributed by atoms with E-state index in [-0.39, 0.29) is 11.2 Å². The maximum absolute atomic E-state index is 10.8. The molecule has 0 unspecified atom stereocenters. The van der Waals surface area contributed by atoms with E-state index >= 15 is 0 Å². The number of benzene rings is 1. The molecule has 3 nitrogen and oxygen atoms in total. The van der Waals surface area contributed by atoms with E-state index in [2.05, 4.69) is 0 Å². The summed E-state index contributed by atoms with van der Waals surface area (Å²) in [6, 6.07) is 3.04. The number of carbonyl (C=O) groups is 1. The van der Waals surface area contributed by atoms with Crippen molar-refractivity contribution in [3.63, 3.8) is 0 Å². The largest absolute Gasteiger partial charge is 0.486 e. The summed E-state index contributed by atoms with van der Waals surface area (Å²) in [4.78, 5) is 10.8. The smallest absolute Gasteiger partial charge is 0.335 e. The Morgan fingerprint density at radius 1 is 1.53 bits per heavy atom. The van der Waals surface area contributed by atoms with Gasteiger partial charge in [-0.25, -0.2) is 4.79 Å². The number of hydrogen-bond acceptors (Lipinski definition) is 2. The van der Waals surface area contributed by atoms with Crippen molar-refractivity contribution in [2.45, 2.75) is 25.9 Å². The number of aromatic carboxylic acids is 1. The average Bonchev–Trinajstić information content (AvgIpc) is 2.39. The van der Waals surface area contributed by atoms with Crippen LogP contribution in [-0.4, -0.2) is 16.7 Å². The molecule has 1 aliphatic rings. The van der Waals surface area contributed by atoms with Crippen molar-refractivity contribution in [3.05, 3.63) is 28.3 Å². The molecule has 0 aromatic heterocycles. The van der Waals surface area contributed by atoms with Crippen LogP contribution in [0, 0.1) is 0 Å². The molecule has 0 fully saturated rings. The highest BCUT2D eigenvalue weighted by Crippen LogP contribution is 2.40. The standard InChI is InChI=1S/C11H11ClO3/c1-11(2)5-7-3-6(10(13)14)4-8(12)9(7)15-11/h3-4H,5H2,1-2H3,(H,13,14). The summed E-state index contributed by atoms with van der Waals surface area (Å²) in [5.74, 6) is -0.351. The van der Waals surface area contributed by atoms with E-state index in [0.29, 0.717) is 17.2 Å². The summed E-state index contributed by atoms with van der Waals surface area (Å²) in [5.41, 5.74) is 0.772. The van der Waals surface area contributed by atoms with Crippen molar-refractivity contribution < 1.29 is 14.6 Å². The first-order valence-electron chi connectivity index (χ1n) is 4.64. The Labute approximate surface area is 92.6 Å². The van der Waals surface area contributed by atoms with Crippen LogP contribution in [0.25, 0.3) is 0 Å². The lowest BCUT2D eigenvalue weighted by molar-refractivity contribution is 0.0697. The lowest BCUT2D eigenvalue weighted by Gasteiger charge is -2.17. The second-order valence-electron chi connectivity index (χ2n) is 4.29. The first-order chi connectivity index (χ1) is 6.89. The third-order valence-corrected chi connectivity index (χ3v) is 2.64. The monoisotopic (exact) mass is 226 g/mol. The fourth-order valence-electron chi connectivity index (χ4n) is 1.79. The molecule has 1 N–H and O–H groups in total. The molecule has 0 bridgehead atoms. The number of carboxylic acid groups (broad SMARTS) is 1. The molecule has 0 saturated heterocycles. The summed E-state index contributed by atoms with van der Waals surface area (Å²) in [5, 5.41) is 9.24. The second kappa shape index (κ2) is 3.14. The predicted molar refractivity (Wildman–Crippen MR) is 56.8 cm³/mol. The summed E-state index contributed by atoms with van der Waals surface area (Å²) in [7, 11) is 0. The molecule has 4 heteroatoms. The molecule has 0 aliphatic carbocycles. The van der Waals surface area contributed by atoms with Gasteiger partial charge in [-0.05, 0) is 26.0 Å². The zero-order valence-corrected chi connectivity index (χ0v) is 9.26. The van der Waals surface area contributed by atoms with Crippen LogP contribution < -0.4 is 4.74 Å². The molecule has 1 aliphatic heterocycles. The van der Waals surface area contributed by atoms with Crippen LogP contribution in [0.2, 0.25) is 5.02 Å². The summed E-state index contributed by atoms with van der Waals surface area (Å²) in [6.07, 6.45) is 0.684. The molecule has 0 radical (unpaired) electrons. The van der Waals surface area contributed by atoms with E-state index < -0.39 is 5.97 Å². The van der Waals surface area contributed by atoms with E-state index in [9.17, 15) is 4.79 Å². The lowest BCUT2D eigenvalue weighted by atomic mass is 10.0. The van der Waals surface area contributed by atoms with Gasteiger partial charge in [0.2, 0.25) is 0 Å². The number of rotatable bonds is 1. The van der Waals surface area contributed by atoms with Gasteiger partial charge in [-0.3, -0.25) is 0 Å². The first-order valence-corrected chi connectivity index (χ1v) is 5.01. The highest BCUT2D eigenvalue weighted by atomic mass is 35.5. The van der Waals surface area contributed by atoms with Crippen LogP contribution in [0.15, 0.2) is 12.1 Å². The normalized spacial score (nSPS) is 17.0. The van der Waals surface area contributed by atoms with Gasteiger partial charge in [0.05, 0.1) is 10.6 Å². The van der Waals surface area contributed by atoms with Gasteiger partial charge in [-0.1, -0.05) is 11.6 Å². The van der Waals surface area contributed by atoms with Crippen LogP contribution in [-0.2, 0) is 6.42 Å². The Balaban J connectivity index is 2.51. The molecule has 0 spiro atoms. The van der Waals surface area contributed by atoms with Crippen LogP contribution in [0.1, 0.15) is 29.8 Å². The number of halogens is 1. The van der Waals surface area contributed by atoms with Gasteiger partial charge < -0.3 is 9.84 Å². The van der Waals surface area contributed by atoms with E-state index in [4.69, 9.17) is 21.4 Å². The third-order valence-electron chi connectivity index (χ3n) is 2.36. The van der Waals surface area contributed by atoms with Gasteiger partial charge in [0.15, 0.2) is 0 Å². The molecule has 1 aromatic rings. The Kier molecular flexibility index (Phi) is 2.15. The molecule has 0 saturated carbocycles. The zero-order valence-electron chi connectivity index (χ0n) is 8.50. The van der Waals surface area contributed by atoms with E-state index in [0.717, 1.165) is 5.56 Å². The van der Waals surface area contributed by atoms with Crippen molar-refractivity contribution in [1.82, 2.24) is 0 Å². The minimum Gasteiger partial charge on any atom is -0.486 e. The second-order valence-corrected chi connectivity index (χ2v) is 4.70. The highest BCUT2D eigenvalue weighted by molar-refractivity contribution is 6.32. The van der Waals surface area contributed by atoms with Crippen LogP contribution in [0.3, 0.4) is 0 Å². The van der Waals surface area contributed by atoms with E-state index in [1.807, 2.05) is 13.8 Å². The average molecular weight is 227 g/mol. The topological polar surface area (TPSA) is 46.5 Å². The van der Waals surface area contributed by atoms with Gasteiger partial charge in [-0.15, -0.1) is 0 Å². The van der Waals surface area contributed by atoms with E-state index in [1.165, 1.54) is 6.07 Å². The Morgan fingerprint density at radius 2 is 2.20 bits per heavy atom. The summed E-state index contributed by atoms with van der Waals surface area (Å²) in [6.45, 7) is 3.90. The van der Waals surface area contributed by atoms with E-state index in [1.54, 1.807) is 6.07 Å². The molecule has 1 heterocycles. The van der Waals surface area contributed by atoms with Crippen LogP contribution >= 0.6 is 11.6 Å². The molecule has 2 rings (SSSR count).